The van der Waals surface area contributed by atoms with Gasteiger partial charge in [-0.15, -0.1) is 4.91 Å². The van der Waals surface area contributed by atoms with E-state index in [4.69, 9.17) is 23.4 Å². The Labute approximate surface area is 98.0 Å². The van der Waals surface area contributed by atoms with E-state index in [1.54, 1.807) is 0 Å². The molecule has 9 heavy (non-hydrogen) atoms. The first-order chi connectivity index (χ1) is 3.15. The molecule has 0 saturated carbocycles. The van der Waals surface area contributed by atoms with E-state index in [9.17, 15) is 0 Å². The third kappa shape index (κ3) is 245. The van der Waals surface area contributed by atoms with Crippen LogP contribution < -0.4 is 0 Å². The van der Waals surface area contributed by atoms with Gasteiger partial charge in [-0.3, -0.25) is 9.11 Å². The average Bonchev–Trinajstić information content (AvgIpc) is 1.33. The Morgan fingerprint density at radius 2 is 1.22 bits per heavy atom. The molecule has 0 aliphatic carbocycles. The van der Waals surface area contributed by atoms with Gasteiger partial charge in [-0.25, -0.2) is 0 Å². The van der Waals surface area contributed by atoms with Gasteiger partial charge in [0.15, 0.2) is 5.34 Å². The second-order valence-corrected chi connectivity index (χ2v) is 0.774. The van der Waals surface area contributed by atoms with E-state index >= 15 is 0 Å². The summed E-state index contributed by atoms with van der Waals surface area (Å²) in [6, 6.07) is 0. The van der Waals surface area contributed by atoms with E-state index in [-0.39, 0.29) is 59.1 Å². The van der Waals surface area contributed by atoms with E-state index < -0.39 is 11.4 Å². The van der Waals surface area contributed by atoms with Crippen molar-refractivity contribution in [3.8, 4) is 0 Å². The monoisotopic (exact) mass is 177 g/mol. The van der Waals surface area contributed by atoms with Crippen LogP contribution in [0.25, 0.3) is 0 Å². The summed E-state index contributed by atoms with van der Waals surface area (Å²) in [5.41, 5.74) is 0. The van der Waals surface area contributed by atoms with Crippen molar-refractivity contribution in [2.75, 3.05) is 0 Å². The molecule has 0 fully saturated rings. The van der Waals surface area contributed by atoms with Gasteiger partial charge in [0, 0.05) is 0 Å². The van der Waals surface area contributed by atoms with Crippen molar-refractivity contribution in [1.82, 2.24) is 0 Å². The summed E-state index contributed by atoms with van der Waals surface area (Å²) in [5.74, 6) is 0. The van der Waals surface area contributed by atoms with Gasteiger partial charge >= 0.3 is 59.1 Å². The molecule has 0 spiro atoms. The Kier molecular flexibility index (Phi) is 56.6. The zero-order valence-electron chi connectivity index (χ0n) is 3.01. The zero-order chi connectivity index (χ0) is 6.28. The molecule has 0 aromatic rings. The molecular weight excluding hydrogens is 172 g/mol. The summed E-state index contributed by atoms with van der Waals surface area (Å²) in [6.45, 7) is 0. The van der Waals surface area contributed by atoms with Crippen molar-refractivity contribution in [3.05, 3.63) is 4.91 Å². The summed E-state index contributed by atoms with van der Waals surface area (Å²) in [5, 5.41) is 7.89. The molecule has 0 aliphatic heterocycles. The first-order valence-corrected chi connectivity index (χ1v) is 1.98. The van der Waals surface area contributed by atoms with Gasteiger partial charge < -0.3 is 5.21 Å². The summed E-state index contributed by atoms with van der Waals surface area (Å²) < 4.78 is 22.8. The number of rotatable bonds is 0. The van der Waals surface area contributed by atoms with Crippen molar-refractivity contribution < 1.29 is 18.5 Å². The summed E-state index contributed by atoms with van der Waals surface area (Å²) in [7, 11) is 0. The van der Waals surface area contributed by atoms with Crippen LogP contribution in [0, 0.1) is 4.91 Å². The second-order valence-electron chi connectivity index (χ2n) is 0.312. The summed E-state index contributed by atoms with van der Waals surface area (Å²) in [4.78, 5) is 8.11. The Morgan fingerprint density at radius 1 is 1.22 bits per heavy atom. The number of hydrogen-bond donors (Lipinski definition) is 3. The second kappa shape index (κ2) is 22.7. The fourth-order valence-electron chi connectivity index (χ4n) is 0. The topological polar surface area (TPSA) is 107 Å². The Morgan fingerprint density at radius 3 is 1.22 bits per heavy atom. The molecule has 0 atom stereocenters. The van der Waals surface area contributed by atoms with Crippen LogP contribution in [0.5, 0.6) is 0 Å². The van der Waals surface area contributed by atoms with E-state index in [1.165, 1.54) is 5.34 Å². The van der Waals surface area contributed by atoms with Crippen LogP contribution in [0.3, 0.4) is 0 Å². The fourth-order valence-corrected chi connectivity index (χ4v) is 0. The molecule has 0 radical (unpaired) electrons. The SMILES string of the molecule is O=NO.O=S(O)O.[NaH].[NaH]. The maximum absolute atomic E-state index is 8.67. The van der Waals surface area contributed by atoms with Crippen molar-refractivity contribution >= 4 is 70.5 Å². The molecule has 0 heterocycles. The molecule has 0 aromatic carbocycles. The summed E-state index contributed by atoms with van der Waals surface area (Å²) >= 11 is -2.61. The molecule has 0 aromatic heterocycles. The Balaban J connectivity index is -0.0000000233. The zero-order valence-corrected chi connectivity index (χ0v) is 3.83. The summed E-state index contributed by atoms with van der Waals surface area (Å²) in [6.07, 6.45) is 0. The van der Waals surface area contributed by atoms with Crippen LogP contribution >= 0.6 is 0 Å². The van der Waals surface area contributed by atoms with Gasteiger partial charge in [0.2, 0.25) is 0 Å². The molecule has 0 saturated heterocycles. The van der Waals surface area contributed by atoms with Crippen molar-refractivity contribution in [2.45, 2.75) is 0 Å². The molecule has 3 N–H and O–H groups in total. The van der Waals surface area contributed by atoms with Crippen molar-refractivity contribution in [1.29, 1.82) is 0 Å². The average molecular weight is 177 g/mol. The third-order valence-electron chi connectivity index (χ3n) is 0. The van der Waals surface area contributed by atoms with Crippen molar-refractivity contribution in [3.63, 3.8) is 0 Å². The van der Waals surface area contributed by atoms with E-state index in [1.807, 2.05) is 0 Å². The molecule has 0 rings (SSSR count). The molecule has 48 valence electrons. The van der Waals surface area contributed by atoms with Crippen LogP contribution in [-0.4, -0.2) is 77.6 Å². The van der Waals surface area contributed by atoms with Gasteiger partial charge in [-0.05, 0) is 0 Å². The van der Waals surface area contributed by atoms with Crippen molar-refractivity contribution in [2.24, 2.45) is 5.34 Å². The van der Waals surface area contributed by atoms with E-state index in [0.29, 0.717) is 0 Å². The fraction of sp³-hybridized carbons (Fsp3) is 0. The quantitative estimate of drug-likeness (QED) is 0.181. The van der Waals surface area contributed by atoms with E-state index in [0.717, 1.165) is 0 Å². The van der Waals surface area contributed by atoms with Gasteiger partial charge in [0.25, 0.3) is 11.4 Å². The van der Waals surface area contributed by atoms with E-state index in [2.05, 4.69) is 0 Å². The van der Waals surface area contributed by atoms with Gasteiger partial charge in [0.05, 0.1) is 0 Å². The molecule has 0 bridgehead atoms. The minimum atomic E-state index is -2.61. The molecular formula is H5NNa2O5S. The normalized spacial score (nSPS) is 5.22. The standard InChI is InChI=1S/HNO2.2Na.H2O3S.2H/c2-1-3;;;1-4(2)3;;/h(H,2,3);;;(H2,1,2,3);;. The first kappa shape index (κ1) is 22.4. The molecule has 0 amide bonds. The predicted molar refractivity (Wildman–Crippen MR) is 35.3 cm³/mol. The third-order valence-corrected chi connectivity index (χ3v) is 0. The maximum atomic E-state index is 8.67. The van der Waals surface area contributed by atoms with Crippen LogP contribution in [0.1, 0.15) is 0 Å². The van der Waals surface area contributed by atoms with Crippen LogP contribution in [-0.2, 0) is 11.4 Å². The Bertz CT molecular complexity index is 62.0. The number of nitrogens with zero attached hydrogens (tertiary/aromatic N) is 1. The predicted octanol–water partition coefficient (Wildman–Crippen LogP) is -1.47. The van der Waals surface area contributed by atoms with Crippen LogP contribution in [0.15, 0.2) is 5.34 Å². The van der Waals surface area contributed by atoms with Crippen LogP contribution in [0.2, 0.25) is 0 Å². The van der Waals surface area contributed by atoms with Gasteiger partial charge in [-0.2, -0.15) is 4.21 Å². The van der Waals surface area contributed by atoms with Gasteiger partial charge in [-0.1, -0.05) is 0 Å². The minimum absolute atomic E-state index is 0. The molecule has 0 unspecified atom stereocenters. The first-order valence-electron chi connectivity index (χ1n) is 0.914. The Hall–Kier alpha value is 1.47. The van der Waals surface area contributed by atoms with Crippen LogP contribution in [0.4, 0.5) is 0 Å². The van der Waals surface area contributed by atoms with Gasteiger partial charge in [0.1, 0.15) is 0 Å². The number of hydrogen-bond acceptors (Lipinski definition) is 3. The molecule has 9 heteroatoms. The molecule has 6 nitrogen and oxygen atoms in total. The molecule has 0 aliphatic rings.